The molecule has 146 valence electrons. The van der Waals surface area contributed by atoms with Gasteiger partial charge < -0.3 is 10.4 Å². The van der Waals surface area contributed by atoms with Gasteiger partial charge in [-0.25, -0.2) is 0 Å². The van der Waals surface area contributed by atoms with Crippen molar-refractivity contribution in [2.24, 2.45) is 0 Å². The van der Waals surface area contributed by atoms with Gasteiger partial charge in [0.1, 0.15) is 6.54 Å². The van der Waals surface area contributed by atoms with Gasteiger partial charge in [-0.1, -0.05) is 68.2 Å². The third-order valence-electron chi connectivity index (χ3n) is 3.08. The predicted octanol–water partition coefficient (Wildman–Crippen LogP) is 5.33. The quantitative estimate of drug-likeness (QED) is 0.285. The highest BCUT2D eigenvalue weighted by Crippen LogP contribution is 2.01. The molecular formula is C22H35NO3. The zero-order chi connectivity index (χ0) is 26.3. The monoisotopic (exact) mass is 369 g/mol. The van der Waals surface area contributed by atoms with Crippen molar-refractivity contribution in [3.8, 4) is 0 Å². The maximum Gasteiger partial charge on any atom is 0.322 e. The minimum absolute atomic E-state index is 0.000549. The summed E-state index contributed by atoms with van der Waals surface area (Å²) in [6.45, 7) is 1.55. The number of allylic oxidation sites excluding steroid dienone is 8. The van der Waals surface area contributed by atoms with E-state index in [2.05, 4.69) is 5.32 Å². The van der Waals surface area contributed by atoms with Crippen molar-refractivity contribution in [2.75, 3.05) is 6.54 Å². The molecule has 0 saturated heterocycles. The molecule has 0 fully saturated rings. The van der Waals surface area contributed by atoms with Crippen LogP contribution >= 0.6 is 0 Å². The minimum atomic E-state index is -1.16. The number of hydrogen-bond donors (Lipinski definition) is 2. The van der Waals surface area contributed by atoms with Gasteiger partial charge in [0.15, 0.2) is 0 Å². The molecule has 4 heteroatoms. The zero-order valence-electron chi connectivity index (χ0n) is 23.5. The van der Waals surface area contributed by atoms with Gasteiger partial charge in [0.2, 0.25) is 5.91 Å². The lowest BCUT2D eigenvalue weighted by Crippen LogP contribution is -2.28. The fourth-order valence-electron chi connectivity index (χ4n) is 1.75. The molecule has 2 N–H and O–H groups in total. The lowest BCUT2D eigenvalue weighted by Gasteiger charge is -2.00. The molecule has 0 unspecified atom stereocenters. The fourth-order valence-corrected chi connectivity index (χ4v) is 1.75. The minimum Gasteiger partial charge on any atom is -0.480 e. The first-order valence-electron chi connectivity index (χ1n) is 13.0. The second kappa shape index (κ2) is 19.2. The van der Waals surface area contributed by atoms with E-state index in [1.165, 1.54) is 0 Å². The van der Waals surface area contributed by atoms with Crippen molar-refractivity contribution in [2.45, 2.75) is 71.1 Å². The number of carbonyl (C=O) groups is 2. The van der Waals surface area contributed by atoms with Crippen LogP contribution < -0.4 is 5.32 Å². The highest BCUT2D eigenvalue weighted by atomic mass is 16.4. The van der Waals surface area contributed by atoms with E-state index in [1.807, 2.05) is 6.92 Å². The van der Waals surface area contributed by atoms with Gasteiger partial charge in [-0.05, 0) is 44.9 Å². The lowest BCUT2D eigenvalue weighted by molar-refractivity contribution is -0.137. The number of rotatable bonds is 16. The maximum atomic E-state index is 11.5. The molecule has 0 atom stereocenters. The third kappa shape index (κ3) is 19.9. The van der Waals surface area contributed by atoms with E-state index in [4.69, 9.17) is 16.1 Å². The SMILES string of the molecule is [2H]/C(CCCCC)=C(\[2H])C/C([2H])=C(/[2H])C/C([2H])=C(/[2H])C/C([2H])=C(/[2H])CCCC(=O)NCC(=O)O. The number of unbranched alkanes of at least 4 members (excludes halogenated alkanes) is 2. The van der Waals surface area contributed by atoms with E-state index >= 15 is 0 Å². The van der Waals surface area contributed by atoms with Crippen LogP contribution in [0.5, 0.6) is 0 Å². The molecule has 0 spiro atoms. The van der Waals surface area contributed by atoms with Gasteiger partial charge >= 0.3 is 5.97 Å². The number of amides is 1. The van der Waals surface area contributed by atoms with Crippen LogP contribution in [0.1, 0.15) is 82.1 Å². The summed E-state index contributed by atoms with van der Waals surface area (Å²) in [7, 11) is 0. The number of aliphatic carboxylic acids is 1. The Morgan fingerprint density at radius 2 is 1.35 bits per heavy atom. The van der Waals surface area contributed by atoms with Gasteiger partial charge in [-0.2, -0.15) is 0 Å². The summed E-state index contributed by atoms with van der Waals surface area (Å²) in [6.07, 6.45) is 2.75. The van der Waals surface area contributed by atoms with Crippen LogP contribution in [-0.2, 0) is 9.59 Å². The van der Waals surface area contributed by atoms with Crippen molar-refractivity contribution < 1.29 is 25.7 Å². The zero-order valence-corrected chi connectivity index (χ0v) is 15.5. The Bertz CT molecular complexity index is 834. The van der Waals surface area contributed by atoms with E-state index < -0.39 is 18.4 Å². The van der Waals surface area contributed by atoms with Crippen LogP contribution in [0.3, 0.4) is 0 Å². The number of carboxylic acids is 1. The standard InChI is InChI=1S/C22H35NO3/c1-2-3-4-5-6-7-8-9-10-11-12-13-14-15-16-17-18-19-21(24)23-20-22(25)26/h6-7,9-10,12-13,15-16H,2-5,8,11,14,17-20H2,1H3,(H,23,24)(H,25,26)/b7-6-,10-9-,13-12-,16-15-/i6D,7D,9D,10D,12D,13D,15D,16D. The molecule has 0 radical (unpaired) electrons. The van der Waals surface area contributed by atoms with Crippen LogP contribution in [-0.4, -0.2) is 23.5 Å². The molecule has 0 aromatic heterocycles. The Kier molecular flexibility index (Phi) is 9.71. The van der Waals surface area contributed by atoms with E-state index in [9.17, 15) is 9.59 Å². The summed E-state index contributed by atoms with van der Waals surface area (Å²) >= 11 is 0. The van der Waals surface area contributed by atoms with Gasteiger partial charge in [-0.15, -0.1) is 0 Å². The first-order chi connectivity index (χ1) is 15.9. The van der Waals surface area contributed by atoms with Crippen LogP contribution in [0.25, 0.3) is 0 Å². The molecule has 0 bridgehead atoms. The van der Waals surface area contributed by atoms with Crippen LogP contribution in [0, 0.1) is 0 Å². The van der Waals surface area contributed by atoms with Gasteiger partial charge in [0.25, 0.3) is 0 Å². The highest BCUT2D eigenvalue weighted by Gasteiger charge is 2.02. The van der Waals surface area contributed by atoms with Crippen molar-refractivity contribution in [3.63, 3.8) is 0 Å². The number of nitrogens with one attached hydrogen (secondary N) is 1. The fraction of sp³-hybridized carbons (Fsp3) is 0.545. The van der Waals surface area contributed by atoms with E-state index in [0.717, 1.165) is 19.3 Å². The van der Waals surface area contributed by atoms with E-state index in [1.54, 1.807) is 0 Å². The Hall–Kier alpha value is -2.10. The Morgan fingerprint density at radius 1 is 0.846 bits per heavy atom. The molecular weight excluding hydrogens is 326 g/mol. The number of hydrogen-bond acceptors (Lipinski definition) is 2. The summed E-state index contributed by atoms with van der Waals surface area (Å²) in [5.74, 6) is -1.63. The van der Waals surface area contributed by atoms with Gasteiger partial charge in [0, 0.05) is 6.42 Å². The molecule has 0 aliphatic carbocycles. The second-order valence-corrected chi connectivity index (χ2v) is 5.43. The summed E-state index contributed by atoms with van der Waals surface area (Å²) in [5, 5.41) is 10.7. The van der Waals surface area contributed by atoms with Crippen LogP contribution in [0.4, 0.5) is 0 Å². The molecule has 0 aliphatic heterocycles. The molecule has 0 heterocycles. The Balaban J connectivity index is 4.91. The first kappa shape index (κ1) is 13.1. The second-order valence-electron chi connectivity index (χ2n) is 5.43. The highest BCUT2D eigenvalue weighted by molar-refractivity contribution is 5.80. The summed E-state index contributed by atoms with van der Waals surface area (Å²) in [6, 6.07) is -1.11. The normalized spacial score (nSPS) is 19.4. The molecule has 0 rings (SSSR count). The smallest absolute Gasteiger partial charge is 0.322 e. The largest absolute Gasteiger partial charge is 0.480 e. The average Bonchev–Trinajstić information content (AvgIpc) is 2.77. The average molecular weight is 370 g/mol. The molecule has 4 nitrogen and oxygen atoms in total. The van der Waals surface area contributed by atoms with E-state index in [0.29, 0.717) is 6.42 Å². The number of carbonyl (C=O) groups excluding carboxylic acids is 1. The summed E-state index contributed by atoms with van der Waals surface area (Å²) < 4.78 is 63.5. The number of carboxylic acid groups (broad SMARTS) is 1. The van der Waals surface area contributed by atoms with E-state index in [-0.39, 0.29) is 86.9 Å². The van der Waals surface area contributed by atoms with Gasteiger partial charge in [-0.3, -0.25) is 9.59 Å². The third-order valence-corrected chi connectivity index (χ3v) is 3.08. The van der Waals surface area contributed by atoms with Crippen LogP contribution in [0.2, 0.25) is 0 Å². The van der Waals surface area contributed by atoms with Crippen molar-refractivity contribution in [3.05, 3.63) is 48.4 Å². The predicted molar refractivity (Wildman–Crippen MR) is 109 cm³/mol. The molecule has 0 aromatic carbocycles. The molecule has 1 amide bonds. The molecule has 0 saturated carbocycles. The molecule has 26 heavy (non-hydrogen) atoms. The van der Waals surface area contributed by atoms with Crippen LogP contribution in [0.15, 0.2) is 48.4 Å². The summed E-state index contributed by atoms with van der Waals surface area (Å²) in [5.41, 5.74) is 0. The lowest BCUT2D eigenvalue weighted by atomic mass is 10.2. The Morgan fingerprint density at radius 3 is 1.85 bits per heavy atom. The van der Waals surface area contributed by atoms with Crippen molar-refractivity contribution in [1.29, 1.82) is 0 Å². The van der Waals surface area contributed by atoms with Crippen molar-refractivity contribution >= 4 is 11.9 Å². The topological polar surface area (TPSA) is 66.4 Å². The first-order valence-corrected chi connectivity index (χ1v) is 8.98. The molecule has 0 aliphatic rings. The summed E-state index contributed by atoms with van der Waals surface area (Å²) in [4.78, 5) is 21.9. The van der Waals surface area contributed by atoms with Gasteiger partial charge in [0.05, 0.1) is 11.0 Å². The van der Waals surface area contributed by atoms with Crippen molar-refractivity contribution in [1.82, 2.24) is 5.32 Å². The molecule has 0 aromatic rings. The maximum absolute atomic E-state index is 11.5. The Labute approximate surface area is 170 Å².